The van der Waals surface area contributed by atoms with Crippen LogP contribution in [0.3, 0.4) is 0 Å². The Morgan fingerprint density at radius 3 is 2.65 bits per heavy atom. The second-order valence-corrected chi connectivity index (χ2v) is 4.36. The lowest BCUT2D eigenvalue weighted by Crippen LogP contribution is -2.09. The molecule has 0 amide bonds. The van der Waals surface area contributed by atoms with E-state index in [9.17, 15) is 0 Å². The smallest absolute Gasteiger partial charge is 0.229 e. The highest BCUT2D eigenvalue weighted by Gasteiger charge is 2.00. The number of aryl methyl sites for hydroxylation is 1. The molecule has 2 N–H and O–H groups in total. The van der Waals surface area contributed by atoms with Crippen molar-refractivity contribution in [2.24, 2.45) is 0 Å². The van der Waals surface area contributed by atoms with Crippen LogP contribution in [0.2, 0.25) is 0 Å². The van der Waals surface area contributed by atoms with Gasteiger partial charge in [0.15, 0.2) is 0 Å². The Labute approximate surface area is 119 Å². The summed E-state index contributed by atoms with van der Waals surface area (Å²) in [4.78, 5) is 8.61. The lowest BCUT2D eigenvalue weighted by Gasteiger charge is -2.08. The molecule has 0 atom stereocenters. The molecule has 5 heteroatoms. The zero-order valence-corrected chi connectivity index (χ0v) is 11.9. The molecule has 0 saturated heterocycles. The van der Waals surface area contributed by atoms with Crippen molar-refractivity contribution in [3.63, 3.8) is 0 Å². The summed E-state index contributed by atoms with van der Waals surface area (Å²) < 4.78 is 4.99. The van der Waals surface area contributed by atoms with Crippen LogP contribution in [0, 0.1) is 0 Å². The minimum absolute atomic E-state index is 0.580. The van der Waals surface area contributed by atoms with Crippen LogP contribution >= 0.6 is 0 Å². The molecule has 0 saturated carbocycles. The first kappa shape index (κ1) is 14.3. The van der Waals surface area contributed by atoms with Crippen LogP contribution in [-0.2, 0) is 11.2 Å². The topological polar surface area (TPSA) is 59.1 Å². The van der Waals surface area contributed by atoms with Gasteiger partial charge in [0, 0.05) is 25.5 Å². The molecule has 5 nitrogen and oxygen atoms in total. The van der Waals surface area contributed by atoms with E-state index in [1.165, 1.54) is 5.56 Å². The van der Waals surface area contributed by atoms with Gasteiger partial charge in [0.1, 0.15) is 5.82 Å². The molecule has 0 spiro atoms. The first-order chi connectivity index (χ1) is 9.81. The molecule has 0 aliphatic carbocycles. The first-order valence-electron chi connectivity index (χ1n) is 6.73. The summed E-state index contributed by atoms with van der Waals surface area (Å²) in [5, 5.41) is 6.37. The van der Waals surface area contributed by atoms with E-state index in [-0.39, 0.29) is 0 Å². The number of anilines is 3. The SMILES string of the molecule is CCc1ccc(Nc2nccc(NCCOC)n2)cc1. The first-order valence-corrected chi connectivity index (χ1v) is 6.73. The van der Waals surface area contributed by atoms with Crippen molar-refractivity contribution < 1.29 is 4.74 Å². The zero-order chi connectivity index (χ0) is 14.2. The van der Waals surface area contributed by atoms with Crippen LogP contribution in [0.15, 0.2) is 36.5 Å². The van der Waals surface area contributed by atoms with Crippen molar-refractivity contribution >= 4 is 17.5 Å². The third-order valence-electron chi connectivity index (χ3n) is 2.89. The van der Waals surface area contributed by atoms with Gasteiger partial charge in [-0.3, -0.25) is 0 Å². The molecular weight excluding hydrogens is 252 g/mol. The number of nitrogens with one attached hydrogen (secondary N) is 2. The van der Waals surface area contributed by atoms with Gasteiger partial charge in [-0.2, -0.15) is 4.98 Å². The third kappa shape index (κ3) is 4.20. The van der Waals surface area contributed by atoms with Gasteiger partial charge in [-0.25, -0.2) is 4.98 Å². The largest absolute Gasteiger partial charge is 0.383 e. The zero-order valence-electron chi connectivity index (χ0n) is 11.9. The fraction of sp³-hybridized carbons (Fsp3) is 0.333. The lowest BCUT2D eigenvalue weighted by atomic mass is 10.1. The van der Waals surface area contributed by atoms with Gasteiger partial charge in [-0.15, -0.1) is 0 Å². The highest BCUT2D eigenvalue weighted by Crippen LogP contribution is 2.15. The number of nitrogens with zero attached hydrogens (tertiary/aromatic N) is 2. The quantitative estimate of drug-likeness (QED) is 0.759. The summed E-state index contributed by atoms with van der Waals surface area (Å²) >= 11 is 0. The molecule has 0 bridgehead atoms. The lowest BCUT2D eigenvalue weighted by molar-refractivity contribution is 0.210. The molecule has 0 fully saturated rings. The van der Waals surface area contributed by atoms with Crippen LogP contribution < -0.4 is 10.6 Å². The van der Waals surface area contributed by atoms with Gasteiger partial charge in [0.2, 0.25) is 5.95 Å². The Bertz CT molecular complexity index is 528. The van der Waals surface area contributed by atoms with E-state index >= 15 is 0 Å². The molecule has 1 heterocycles. The van der Waals surface area contributed by atoms with Crippen LogP contribution in [-0.4, -0.2) is 30.2 Å². The minimum Gasteiger partial charge on any atom is -0.383 e. The van der Waals surface area contributed by atoms with E-state index in [0.29, 0.717) is 12.6 Å². The summed E-state index contributed by atoms with van der Waals surface area (Å²) in [6, 6.07) is 10.1. The van der Waals surface area contributed by atoms with Gasteiger partial charge in [0.25, 0.3) is 0 Å². The predicted octanol–water partition coefficient (Wildman–Crippen LogP) is 2.84. The van der Waals surface area contributed by atoms with E-state index in [1.54, 1.807) is 13.3 Å². The average Bonchev–Trinajstić information content (AvgIpc) is 2.49. The van der Waals surface area contributed by atoms with Crippen LogP contribution in [0.4, 0.5) is 17.5 Å². The van der Waals surface area contributed by atoms with E-state index in [2.05, 4.69) is 39.7 Å². The standard InChI is InChI=1S/C15H20N4O/c1-3-12-4-6-13(7-5-12)18-15-17-9-8-14(19-15)16-10-11-20-2/h4-9H,3,10-11H2,1-2H3,(H2,16,17,18,19). The molecule has 2 aromatic rings. The summed E-state index contributed by atoms with van der Waals surface area (Å²) in [5.74, 6) is 1.36. The minimum atomic E-state index is 0.580. The Morgan fingerprint density at radius 1 is 1.15 bits per heavy atom. The van der Waals surface area contributed by atoms with Crippen LogP contribution in [0.1, 0.15) is 12.5 Å². The van der Waals surface area contributed by atoms with E-state index in [4.69, 9.17) is 4.74 Å². The van der Waals surface area contributed by atoms with Gasteiger partial charge >= 0.3 is 0 Å². The van der Waals surface area contributed by atoms with Crippen LogP contribution in [0.25, 0.3) is 0 Å². The van der Waals surface area contributed by atoms with Crippen molar-refractivity contribution in [2.75, 3.05) is 30.9 Å². The van der Waals surface area contributed by atoms with Gasteiger partial charge < -0.3 is 15.4 Å². The predicted molar refractivity (Wildman–Crippen MR) is 81.5 cm³/mol. The summed E-state index contributed by atoms with van der Waals surface area (Å²) in [5.41, 5.74) is 2.29. The highest BCUT2D eigenvalue weighted by atomic mass is 16.5. The van der Waals surface area contributed by atoms with Gasteiger partial charge in [-0.05, 0) is 30.2 Å². The molecule has 0 radical (unpaired) electrons. The maximum Gasteiger partial charge on any atom is 0.229 e. The average molecular weight is 272 g/mol. The summed E-state index contributed by atoms with van der Waals surface area (Å²) in [6.45, 7) is 3.50. The van der Waals surface area contributed by atoms with Gasteiger partial charge in [-0.1, -0.05) is 19.1 Å². The monoisotopic (exact) mass is 272 g/mol. The Kier molecular flexibility index (Phi) is 5.32. The number of rotatable bonds is 7. The van der Waals surface area contributed by atoms with E-state index < -0.39 is 0 Å². The van der Waals surface area contributed by atoms with Crippen molar-refractivity contribution in [2.45, 2.75) is 13.3 Å². The molecule has 0 aliphatic rings. The number of aromatic nitrogens is 2. The molecule has 1 aromatic heterocycles. The fourth-order valence-corrected chi connectivity index (χ4v) is 1.75. The second-order valence-electron chi connectivity index (χ2n) is 4.36. The number of benzene rings is 1. The van der Waals surface area contributed by atoms with E-state index in [0.717, 1.165) is 24.5 Å². The normalized spacial score (nSPS) is 10.3. The summed E-state index contributed by atoms with van der Waals surface area (Å²) in [7, 11) is 1.68. The molecular formula is C15H20N4O. The number of hydrogen-bond donors (Lipinski definition) is 2. The summed E-state index contributed by atoms with van der Waals surface area (Å²) in [6.07, 6.45) is 2.76. The Balaban J connectivity index is 1.99. The second kappa shape index (κ2) is 7.45. The number of ether oxygens (including phenoxy) is 1. The van der Waals surface area contributed by atoms with Crippen molar-refractivity contribution in [3.8, 4) is 0 Å². The molecule has 0 unspecified atom stereocenters. The number of methoxy groups -OCH3 is 1. The van der Waals surface area contributed by atoms with Crippen molar-refractivity contribution in [1.82, 2.24) is 9.97 Å². The van der Waals surface area contributed by atoms with Crippen LogP contribution in [0.5, 0.6) is 0 Å². The molecule has 1 aromatic carbocycles. The maximum atomic E-state index is 4.99. The Morgan fingerprint density at radius 2 is 1.95 bits per heavy atom. The van der Waals surface area contributed by atoms with E-state index in [1.807, 2.05) is 18.2 Å². The molecule has 0 aliphatic heterocycles. The maximum absolute atomic E-state index is 4.99. The molecule has 2 rings (SSSR count). The van der Waals surface area contributed by atoms with Gasteiger partial charge in [0.05, 0.1) is 6.61 Å². The molecule has 106 valence electrons. The van der Waals surface area contributed by atoms with Crippen molar-refractivity contribution in [1.29, 1.82) is 0 Å². The third-order valence-corrected chi connectivity index (χ3v) is 2.89. The van der Waals surface area contributed by atoms with Crippen molar-refractivity contribution in [3.05, 3.63) is 42.1 Å². The molecule has 20 heavy (non-hydrogen) atoms. The Hall–Kier alpha value is -2.14. The fourth-order valence-electron chi connectivity index (χ4n) is 1.75. The number of hydrogen-bond acceptors (Lipinski definition) is 5. The highest BCUT2D eigenvalue weighted by molar-refractivity contribution is 5.55.